The number of ether oxygens (including phenoxy) is 1. The zero-order valence-electron chi connectivity index (χ0n) is 25.7. The molecule has 7 rings (SSSR count). The molecule has 1 amide bonds. The van der Waals surface area contributed by atoms with Gasteiger partial charge in [0.05, 0.1) is 19.0 Å². The van der Waals surface area contributed by atoms with Crippen molar-refractivity contribution in [1.29, 1.82) is 0 Å². The number of nitrogens with two attached hydrogens (primary N) is 1. The molecule has 232 valence electrons. The molecule has 46 heavy (non-hydrogen) atoms. The highest BCUT2D eigenvalue weighted by Gasteiger charge is 2.19. The Morgan fingerprint density at radius 3 is 2.70 bits per heavy atom. The summed E-state index contributed by atoms with van der Waals surface area (Å²) in [6.45, 7) is 4.61. The van der Waals surface area contributed by atoms with Gasteiger partial charge in [-0.05, 0) is 35.2 Å². The summed E-state index contributed by atoms with van der Waals surface area (Å²) in [6.07, 6.45) is 11.4. The number of piperazine rings is 1. The number of rotatable bonds is 8. The number of hydrogen-bond acceptors (Lipinski definition) is 9. The molecule has 0 aliphatic carbocycles. The number of amides is 1. The lowest BCUT2D eigenvalue weighted by atomic mass is 10.0. The van der Waals surface area contributed by atoms with E-state index >= 15 is 0 Å². The Morgan fingerprint density at radius 2 is 1.91 bits per heavy atom. The number of carbonyl (C=O) groups excluding carboxylic acids is 1. The Morgan fingerprint density at radius 1 is 1.07 bits per heavy atom. The maximum Gasteiger partial charge on any atom is 0.272 e. The number of carbonyl (C=O) groups is 1. The van der Waals surface area contributed by atoms with E-state index in [-0.39, 0.29) is 5.91 Å². The molecular weight excluding hydrogens is 597 g/mol. The number of pyridine rings is 1. The lowest BCUT2D eigenvalue weighted by Crippen LogP contribution is -2.46. The minimum absolute atomic E-state index is 0.206. The monoisotopic (exact) mass is 630 g/mol. The van der Waals surface area contributed by atoms with E-state index < -0.39 is 0 Å². The highest BCUT2D eigenvalue weighted by molar-refractivity contribution is 7.18. The number of fused-ring (bicyclic) bond motifs is 2. The van der Waals surface area contributed by atoms with Gasteiger partial charge in [0, 0.05) is 90.5 Å². The van der Waals surface area contributed by atoms with Crippen LogP contribution in [-0.2, 0) is 7.05 Å². The first kappa shape index (κ1) is 29.5. The van der Waals surface area contributed by atoms with Crippen LogP contribution >= 0.6 is 11.3 Å². The molecule has 3 N–H and O–H groups in total. The van der Waals surface area contributed by atoms with Gasteiger partial charge >= 0.3 is 0 Å². The van der Waals surface area contributed by atoms with E-state index in [2.05, 4.69) is 47.6 Å². The number of aryl methyl sites for hydroxylation is 1. The molecule has 10 nitrogen and oxygen atoms in total. The summed E-state index contributed by atoms with van der Waals surface area (Å²) in [6, 6.07) is 15.6. The van der Waals surface area contributed by atoms with E-state index in [1.54, 1.807) is 30.8 Å². The summed E-state index contributed by atoms with van der Waals surface area (Å²) < 4.78 is 8.71. The summed E-state index contributed by atoms with van der Waals surface area (Å²) in [7, 11) is 3.50. The molecule has 0 radical (unpaired) electrons. The number of hydrogen-bond donors (Lipinski definition) is 2. The van der Waals surface area contributed by atoms with Crippen molar-refractivity contribution in [3.8, 4) is 16.9 Å². The Bertz CT molecular complexity index is 2060. The van der Waals surface area contributed by atoms with Crippen molar-refractivity contribution in [2.24, 2.45) is 7.05 Å². The SMILES string of the molecule is COc1cc(-c2csc3c(C=CCN4CCN(c5cnccn5)CC4)cnc(N)c23)ccc1NC(=O)c1cc2ccccc2n1C. The van der Waals surface area contributed by atoms with Crippen molar-refractivity contribution >= 4 is 61.6 Å². The quantitative estimate of drug-likeness (QED) is 0.213. The molecular formula is C35H34N8O2S. The lowest BCUT2D eigenvalue weighted by Gasteiger charge is -2.34. The second kappa shape index (κ2) is 12.6. The fourth-order valence-corrected chi connectivity index (χ4v) is 7.09. The number of nitrogens with one attached hydrogen (secondary N) is 1. The normalized spacial score (nSPS) is 14.0. The third kappa shape index (κ3) is 5.66. The van der Waals surface area contributed by atoms with E-state index in [1.807, 2.05) is 72.5 Å². The fraction of sp³-hybridized carbons (Fsp3) is 0.200. The van der Waals surface area contributed by atoms with E-state index in [1.165, 1.54) is 0 Å². The predicted molar refractivity (Wildman–Crippen MR) is 187 cm³/mol. The second-order valence-electron chi connectivity index (χ2n) is 11.2. The highest BCUT2D eigenvalue weighted by atomic mass is 32.1. The molecule has 1 fully saturated rings. The molecule has 0 saturated carbocycles. The zero-order chi connectivity index (χ0) is 31.6. The summed E-state index contributed by atoms with van der Waals surface area (Å²) in [5, 5.41) is 7.06. The topological polar surface area (TPSA) is 114 Å². The maximum absolute atomic E-state index is 13.3. The zero-order valence-corrected chi connectivity index (χ0v) is 26.5. The number of methoxy groups -OCH3 is 1. The molecule has 1 saturated heterocycles. The van der Waals surface area contributed by atoms with Gasteiger partial charge in [-0.3, -0.25) is 14.7 Å². The van der Waals surface area contributed by atoms with Crippen molar-refractivity contribution in [2.45, 2.75) is 0 Å². The van der Waals surface area contributed by atoms with Crippen molar-refractivity contribution < 1.29 is 9.53 Å². The van der Waals surface area contributed by atoms with Gasteiger partial charge in [-0.2, -0.15) is 0 Å². The number of para-hydroxylation sites is 1. The largest absolute Gasteiger partial charge is 0.495 e. The van der Waals surface area contributed by atoms with Gasteiger partial charge in [0.2, 0.25) is 0 Å². The van der Waals surface area contributed by atoms with E-state index in [4.69, 9.17) is 10.5 Å². The Balaban J connectivity index is 1.07. The molecule has 0 bridgehead atoms. The number of aromatic nitrogens is 4. The molecule has 0 atom stereocenters. The van der Waals surface area contributed by atoms with Gasteiger partial charge in [-0.25, -0.2) is 9.97 Å². The molecule has 1 aliphatic heterocycles. The highest BCUT2D eigenvalue weighted by Crippen LogP contribution is 2.41. The first-order valence-electron chi connectivity index (χ1n) is 15.1. The molecule has 6 aromatic rings. The molecule has 11 heteroatoms. The maximum atomic E-state index is 13.3. The Kier molecular flexibility index (Phi) is 8.08. The molecule has 2 aromatic carbocycles. The van der Waals surface area contributed by atoms with Crippen molar-refractivity contribution in [2.75, 3.05) is 55.8 Å². The average molecular weight is 631 g/mol. The predicted octanol–water partition coefficient (Wildman–Crippen LogP) is 5.92. The Hall–Kier alpha value is -5.26. The van der Waals surface area contributed by atoms with Crippen LogP contribution in [0.2, 0.25) is 0 Å². The molecule has 4 aromatic heterocycles. The standard InChI is InChI=1S/C35H34N8O2S/c1-41-28-8-4-3-6-24(28)18-29(41)35(44)40-27-10-9-23(19-30(27)45-2)26-22-46-33-25(20-39-34(36)32(26)33)7-5-13-42-14-16-43(17-15-42)31-21-37-11-12-38-31/h3-12,18-22H,13-17H2,1-2H3,(H2,36,39)(H,40,44). The molecule has 0 unspecified atom stereocenters. The first-order chi connectivity index (χ1) is 22.5. The summed E-state index contributed by atoms with van der Waals surface area (Å²) in [5.41, 5.74) is 11.5. The van der Waals surface area contributed by atoms with E-state index in [0.717, 1.165) is 76.2 Å². The summed E-state index contributed by atoms with van der Waals surface area (Å²) in [5.74, 6) is 1.77. The summed E-state index contributed by atoms with van der Waals surface area (Å²) >= 11 is 1.64. The van der Waals surface area contributed by atoms with Crippen LogP contribution in [0.25, 0.3) is 38.2 Å². The molecule has 5 heterocycles. The van der Waals surface area contributed by atoms with E-state index in [9.17, 15) is 4.79 Å². The minimum atomic E-state index is -0.206. The van der Waals surface area contributed by atoms with Crippen LogP contribution in [0.4, 0.5) is 17.3 Å². The van der Waals surface area contributed by atoms with Crippen LogP contribution in [0.1, 0.15) is 16.1 Å². The Labute approximate surface area is 270 Å². The number of benzene rings is 2. The van der Waals surface area contributed by atoms with E-state index in [0.29, 0.717) is 22.9 Å². The van der Waals surface area contributed by atoms with Gasteiger partial charge in [0.15, 0.2) is 0 Å². The van der Waals surface area contributed by atoms with Crippen molar-refractivity contribution in [3.63, 3.8) is 0 Å². The number of nitrogen functional groups attached to an aromatic ring is 1. The molecule has 1 aliphatic rings. The van der Waals surface area contributed by atoms with Crippen LogP contribution in [0.3, 0.4) is 0 Å². The third-order valence-electron chi connectivity index (χ3n) is 8.50. The second-order valence-corrected chi connectivity index (χ2v) is 12.1. The van der Waals surface area contributed by atoms with Crippen LogP contribution in [-0.4, -0.2) is 70.2 Å². The van der Waals surface area contributed by atoms with Crippen LogP contribution in [0.15, 0.2) is 84.8 Å². The summed E-state index contributed by atoms with van der Waals surface area (Å²) in [4.78, 5) is 31.1. The van der Waals surface area contributed by atoms with Gasteiger partial charge in [-0.1, -0.05) is 36.4 Å². The van der Waals surface area contributed by atoms with Crippen molar-refractivity contribution in [1.82, 2.24) is 24.4 Å². The van der Waals surface area contributed by atoms with Gasteiger partial charge < -0.3 is 25.3 Å². The van der Waals surface area contributed by atoms with Crippen LogP contribution in [0.5, 0.6) is 5.75 Å². The number of thiophene rings is 1. The third-order valence-corrected chi connectivity index (χ3v) is 9.53. The van der Waals surface area contributed by atoms with Crippen molar-refractivity contribution in [3.05, 3.63) is 96.0 Å². The van der Waals surface area contributed by atoms with Gasteiger partial charge in [0.1, 0.15) is 23.1 Å². The van der Waals surface area contributed by atoms with Gasteiger partial charge in [0.25, 0.3) is 5.91 Å². The van der Waals surface area contributed by atoms with Crippen LogP contribution in [0, 0.1) is 0 Å². The van der Waals surface area contributed by atoms with Gasteiger partial charge in [-0.15, -0.1) is 11.3 Å². The fourth-order valence-electron chi connectivity index (χ4n) is 6.02. The first-order valence-corrected chi connectivity index (χ1v) is 16.0. The molecule has 0 spiro atoms. The minimum Gasteiger partial charge on any atom is -0.495 e. The smallest absolute Gasteiger partial charge is 0.272 e. The average Bonchev–Trinajstić information content (AvgIpc) is 3.69. The number of nitrogens with zero attached hydrogens (tertiary/aromatic N) is 6. The van der Waals surface area contributed by atoms with Crippen LogP contribution < -0.4 is 20.7 Å². The lowest BCUT2D eigenvalue weighted by molar-refractivity contribution is 0.101. The number of anilines is 3.